The van der Waals surface area contributed by atoms with Crippen molar-refractivity contribution < 1.29 is 15.3 Å². The number of likely N-dealkylation sites (tertiary alicyclic amines) is 1. The van der Waals surface area contributed by atoms with E-state index < -0.39 is 0 Å². The molecule has 4 N–H and O–H groups in total. The average molecular weight is 290 g/mol. The summed E-state index contributed by atoms with van der Waals surface area (Å²) in [5.74, 6) is 0.526. The SMILES string of the molecule is Cc1c(C)c(O)c2c(C3CCN(C)CC3)c(O)[nH]c2c1O. The van der Waals surface area contributed by atoms with Crippen LogP contribution in [0.5, 0.6) is 17.4 Å². The van der Waals surface area contributed by atoms with Gasteiger partial charge in [-0.2, -0.15) is 0 Å². The predicted molar refractivity (Wildman–Crippen MR) is 82.2 cm³/mol. The van der Waals surface area contributed by atoms with Crippen molar-refractivity contribution in [2.75, 3.05) is 20.1 Å². The molecule has 1 aromatic heterocycles. The molecule has 1 saturated heterocycles. The first-order valence-corrected chi connectivity index (χ1v) is 7.36. The first kappa shape index (κ1) is 14.1. The fourth-order valence-corrected chi connectivity index (χ4v) is 3.35. The van der Waals surface area contributed by atoms with Gasteiger partial charge in [-0.05, 0) is 63.9 Å². The highest BCUT2D eigenvalue weighted by Crippen LogP contribution is 2.47. The van der Waals surface area contributed by atoms with Crippen molar-refractivity contribution in [3.8, 4) is 17.4 Å². The van der Waals surface area contributed by atoms with Gasteiger partial charge in [0.2, 0.25) is 0 Å². The number of hydrogen-bond donors (Lipinski definition) is 4. The van der Waals surface area contributed by atoms with Gasteiger partial charge in [0.15, 0.2) is 5.88 Å². The van der Waals surface area contributed by atoms with Gasteiger partial charge in [0, 0.05) is 5.56 Å². The molecule has 0 amide bonds. The molecule has 0 radical (unpaired) electrons. The number of phenols is 2. The number of nitrogens with one attached hydrogen (secondary N) is 1. The van der Waals surface area contributed by atoms with Crippen molar-refractivity contribution in [1.82, 2.24) is 9.88 Å². The van der Waals surface area contributed by atoms with Crippen molar-refractivity contribution in [1.29, 1.82) is 0 Å². The van der Waals surface area contributed by atoms with Gasteiger partial charge < -0.3 is 25.2 Å². The van der Waals surface area contributed by atoms with Crippen LogP contribution in [-0.2, 0) is 0 Å². The number of fused-ring (bicyclic) bond motifs is 1. The van der Waals surface area contributed by atoms with Crippen LogP contribution in [0.2, 0.25) is 0 Å². The molecule has 5 nitrogen and oxygen atoms in total. The lowest BCUT2D eigenvalue weighted by atomic mass is 9.88. The molecule has 0 unspecified atom stereocenters. The van der Waals surface area contributed by atoms with E-state index in [9.17, 15) is 15.3 Å². The lowest BCUT2D eigenvalue weighted by Crippen LogP contribution is -2.29. The number of rotatable bonds is 1. The maximum absolute atomic E-state index is 10.5. The van der Waals surface area contributed by atoms with Gasteiger partial charge >= 0.3 is 0 Å². The average Bonchev–Trinajstić information content (AvgIpc) is 2.81. The number of piperidine rings is 1. The van der Waals surface area contributed by atoms with Crippen LogP contribution in [0.25, 0.3) is 10.9 Å². The molecule has 114 valence electrons. The largest absolute Gasteiger partial charge is 0.507 e. The van der Waals surface area contributed by atoms with E-state index in [0.29, 0.717) is 22.0 Å². The highest BCUT2D eigenvalue weighted by atomic mass is 16.3. The molecule has 0 bridgehead atoms. The monoisotopic (exact) mass is 290 g/mol. The Kier molecular flexibility index (Phi) is 3.24. The van der Waals surface area contributed by atoms with Crippen LogP contribution in [0.3, 0.4) is 0 Å². The zero-order valence-electron chi connectivity index (χ0n) is 12.7. The fraction of sp³-hybridized carbons (Fsp3) is 0.500. The molecule has 1 fully saturated rings. The molecular formula is C16H22N2O3. The van der Waals surface area contributed by atoms with Crippen molar-refractivity contribution in [2.45, 2.75) is 32.6 Å². The van der Waals surface area contributed by atoms with Gasteiger partial charge in [0.05, 0.1) is 10.9 Å². The molecule has 0 aliphatic carbocycles. The van der Waals surface area contributed by atoms with Crippen LogP contribution >= 0.6 is 0 Å². The second-order valence-corrected chi connectivity index (χ2v) is 6.16. The highest BCUT2D eigenvalue weighted by Gasteiger charge is 2.28. The summed E-state index contributed by atoms with van der Waals surface area (Å²) in [6.45, 7) is 5.48. The summed E-state index contributed by atoms with van der Waals surface area (Å²) in [4.78, 5) is 5.10. The number of phenolic OH excluding ortho intramolecular Hbond substituents is 2. The summed E-state index contributed by atoms with van der Waals surface area (Å²) in [6, 6.07) is 0. The van der Waals surface area contributed by atoms with Gasteiger partial charge in [-0.3, -0.25) is 0 Å². The predicted octanol–water partition coefficient (Wildman–Crippen LogP) is 2.71. The third kappa shape index (κ3) is 2.03. The first-order valence-electron chi connectivity index (χ1n) is 7.36. The number of aromatic nitrogens is 1. The van der Waals surface area contributed by atoms with Gasteiger partial charge in [-0.25, -0.2) is 0 Å². The normalized spacial score (nSPS) is 17.7. The number of benzene rings is 1. The van der Waals surface area contributed by atoms with Gasteiger partial charge in [0.1, 0.15) is 11.5 Å². The highest BCUT2D eigenvalue weighted by molar-refractivity contribution is 5.97. The second-order valence-electron chi connectivity index (χ2n) is 6.16. The maximum atomic E-state index is 10.5. The van der Waals surface area contributed by atoms with Crippen molar-refractivity contribution >= 4 is 10.9 Å². The van der Waals surface area contributed by atoms with Crippen molar-refractivity contribution in [3.05, 3.63) is 16.7 Å². The molecule has 1 aliphatic heterocycles. The van der Waals surface area contributed by atoms with Crippen LogP contribution in [0, 0.1) is 13.8 Å². The minimum atomic E-state index is 0.0650. The molecule has 2 heterocycles. The number of hydrogen-bond acceptors (Lipinski definition) is 4. The molecule has 5 heteroatoms. The van der Waals surface area contributed by atoms with E-state index in [2.05, 4.69) is 16.9 Å². The molecular weight excluding hydrogens is 268 g/mol. The Morgan fingerprint density at radius 3 is 2.19 bits per heavy atom. The second kappa shape index (κ2) is 4.84. The number of aromatic hydroxyl groups is 3. The fourth-order valence-electron chi connectivity index (χ4n) is 3.35. The Morgan fingerprint density at radius 1 is 1.00 bits per heavy atom. The van der Waals surface area contributed by atoms with E-state index in [4.69, 9.17) is 0 Å². The van der Waals surface area contributed by atoms with Crippen LogP contribution in [0.15, 0.2) is 0 Å². The molecule has 0 atom stereocenters. The van der Waals surface area contributed by atoms with E-state index in [-0.39, 0.29) is 23.3 Å². The minimum absolute atomic E-state index is 0.0650. The number of nitrogens with zero attached hydrogens (tertiary/aromatic N) is 1. The van der Waals surface area contributed by atoms with E-state index in [1.54, 1.807) is 13.8 Å². The van der Waals surface area contributed by atoms with Gasteiger partial charge in [-0.15, -0.1) is 0 Å². The summed E-state index contributed by atoms with van der Waals surface area (Å²) >= 11 is 0. The molecule has 0 saturated carbocycles. The molecule has 0 spiro atoms. The Morgan fingerprint density at radius 2 is 1.57 bits per heavy atom. The smallest absolute Gasteiger partial charge is 0.193 e. The molecule has 21 heavy (non-hydrogen) atoms. The molecule has 1 aliphatic rings. The maximum Gasteiger partial charge on any atom is 0.193 e. The van der Waals surface area contributed by atoms with E-state index >= 15 is 0 Å². The lowest BCUT2D eigenvalue weighted by molar-refractivity contribution is 0.253. The zero-order valence-corrected chi connectivity index (χ0v) is 12.7. The molecule has 1 aromatic carbocycles. The van der Waals surface area contributed by atoms with Crippen LogP contribution in [-0.4, -0.2) is 45.3 Å². The van der Waals surface area contributed by atoms with Crippen LogP contribution < -0.4 is 0 Å². The topological polar surface area (TPSA) is 79.7 Å². The summed E-state index contributed by atoms with van der Waals surface area (Å²) in [6.07, 6.45) is 1.87. The summed E-state index contributed by atoms with van der Waals surface area (Å²) in [7, 11) is 2.09. The first-order chi connectivity index (χ1) is 9.91. The molecule has 2 aromatic rings. The Bertz CT molecular complexity index is 698. The van der Waals surface area contributed by atoms with Crippen LogP contribution in [0.1, 0.15) is 35.4 Å². The lowest BCUT2D eigenvalue weighted by Gasteiger charge is -2.29. The van der Waals surface area contributed by atoms with Crippen molar-refractivity contribution in [3.63, 3.8) is 0 Å². The quantitative estimate of drug-likeness (QED) is 0.609. The van der Waals surface area contributed by atoms with E-state index in [1.807, 2.05) is 0 Å². The third-order valence-corrected chi connectivity index (χ3v) is 4.89. The summed E-state index contributed by atoms with van der Waals surface area (Å²) in [5, 5.41) is 31.6. The summed E-state index contributed by atoms with van der Waals surface area (Å²) in [5.41, 5.74) is 2.47. The van der Waals surface area contributed by atoms with Gasteiger partial charge in [-0.1, -0.05) is 0 Å². The standard InChI is InChI=1S/C16H22N2O3/c1-8-9(2)15(20)13-12(14(8)19)11(16(21)17-13)10-4-6-18(3)7-5-10/h10,17,19-21H,4-7H2,1-3H3. The van der Waals surface area contributed by atoms with Crippen LogP contribution in [0.4, 0.5) is 0 Å². The Hall–Kier alpha value is -1.88. The van der Waals surface area contributed by atoms with Gasteiger partial charge in [0.25, 0.3) is 0 Å². The zero-order chi connectivity index (χ0) is 15.3. The number of aromatic amines is 1. The number of H-pyrrole nitrogens is 1. The molecule has 3 rings (SSSR count). The Labute approximate surface area is 123 Å². The Balaban J connectivity index is 2.21. The summed E-state index contributed by atoms with van der Waals surface area (Å²) < 4.78 is 0. The minimum Gasteiger partial charge on any atom is -0.507 e. The van der Waals surface area contributed by atoms with Crippen molar-refractivity contribution in [2.24, 2.45) is 0 Å². The third-order valence-electron chi connectivity index (χ3n) is 4.89. The van der Waals surface area contributed by atoms with E-state index in [0.717, 1.165) is 31.5 Å². The van der Waals surface area contributed by atoms with E-state index in [1.165, 1.54) is 0 Å².